The zero-order valence-electron chi connectivity index (χ0n) is 21.3. The van der Waals surface area contributed by atoms with Crippen molar-refractivity contribution in [2.24, 2.45) is 11.3 Å². The van der Waals surface area contributed by atoms with E-state index in [4.69, 9.17) is 0 Å². The second-order valence-electron chi connectivity index (χ2n) is 11.3. The van der Waals surface area contributed by atoms with Crippen molar-refractivity contribution in [3.63, 3.8) is 0 Å². The number of halogens is 3. The van der Waals surface area contributed by atoms with Crippen LogP contribution in [-0.4, -0.2) is 46.4 Å². The summed E-state index contributed by atoms with van der Waals surface area (Å²) in [6, 6.07) is 11.5. The number of pyridine rings is 1. The molecule has 4 aliphatic rings. The van der Waals surface area contributed by atoms with Crippen LogP contribution in [0.4, 0.5) is 13.2 Å². The molecule has 198 valence electrons. The summed E-state index contributed by atoms with van der Waals surface area (Å²) in [5.41, 5.74) is 3.08. The molecule has 0 saturated heterocycles. The van der Waals surface area contributed by atoms with Gasteiger partial charge in [-0.05, 0) is 72.9 Å². The number of fused-ring (bicyclic) bond motifs is 2. The lowest BCUT2D eigenvalue weighted by atomic mass is 9.78. The van der Waals surface area contributed by atoms with E-state index in [2.05, 4.69) is 28.1 Å². The van der Waals surface area contributed by atoms with Crippen molar-refractivity contribution in [1.82, 2.24) is 14.8 Å². The van der Waals surface area contributed by atoms with Crippen LogP contribution in [0.1, 0.15) is 66.5 Å². The Labute approximate surface area is 220 Å². The normalized spacial score (nSPS) is 27.4. The molecule has 2 saturated carbocycles. The molecule has 1 aromatic heterocycles. The maximum atomic E-state index is 14.0. The van der Waals surface area contributed by atoms with Crippen molar-refractivity contribution in [1.29, 1.82) is 5.26 Å². The lowest BCUT2D eigenvalue weighted by molar-refractivity contribution is -0.144. The van der Waals surface area contributed by atoms with E-state index >= 15 is 0 Å². The Balaban J connectivity index is 1.16. The minimum Gasteiger partial charge on any atom is -0.337 e. The minimum atomic E-state index is -4.44. The van der Waals surface area contributed by atoms with Gasteiger partial charge < -0.3 is 4.90 Å². The molecule has 38 heavy (non-hydrogen) atoms. The predicted octanol–water partition coefficient (Wildman–Crippen LogP) is 5.59. The number of nitrogens with zero attached hydrogens (tertiary/aromatic N) is 4. The van der Waals surface area contributed by atoms with E-state index in [1.165, 1.54) is 11.6 Å². The number of carbonyl (C=O) groups is 1. The van der Waals surface area contributed by atoms with E-state index in [0.29, 0.717) is 41.7 Å². The molecule has 2 aliphatic heterocycles. The number of hydrogen-bond acceptors (Lipinski definition) is 4. The Hall–Kier alpha value is -3.18. The van der Waals surface area contributed by atoms with E-state index in [-0.39, 0.29) is 12.5 Å². The smallest absolute Gasteiger partial charge is 0.337 e. The molecule has 0 spiro atoms. The molecule has 5 nitrogen and oxygen atoms in total. The number of amides is 1. The Morgan fingerprint density at radius 3 is 2.82 bits per heavy atom. The van der Waals surface area contributed by atoms with Crippen LogP contribution in [0.3, 0.4) is 0 Å². The van der Waals surface area contributed by atoms with E-state index in [1.54, 1.807) is 4.90 Å². The van der Waals surface area contributed by atoms with Gasteiger partial charge in [-0.25, -0.2) is 0 Å². The Bertz CT molecular complexity index is 1330. The van der Waals surface area contributed by atoms with Crippen LogP contribution in [0.15, 0.2) is 42.6 Å². The summed E-state index contributed by atoms with van der Waals surface area (Å²) < 4.78 is 39.8. The van der Waals surface area contributed by atoms with Crippen LogP contribution in [0.2, 0.25) is 0 Å². The zero-order chi connectivity index (χ0) is 26.5. The van der Waals surface area contributed by atoms with Gasteiger partial charge in [-0.15, -0.1) is 0 Å². The number of aromatic nitrogens is 1. The third-order valence-electron chi connectivity index (χ3n) is 9.31. The summed E-state index contributed by atoms with van der Waals surface area (Å²) in [4.78, 5) is 22.4. The van der Waals surface area contributed by atoms with Crippen molar-refractivity contribution >= 4 is 11.5 Å². The third-order valence-corrected chi connectivity index (χ3v) is 9.31. The van der Waals surface area contributed by atoms with Gasteiger partial charge in [0, 0.05) is 50.5 Å². The topological polar surface area (TPSA) is 60.2 Å². The summed E-state index contributed by atoms with van der Waals surface area (Å²) in [6.45, 7) is 2.48. The first-order chi connectivity index (χ1) is 18.3. The van der Waals surface area contributed by atoms with Crippen LogP contribution in [0.5, 0.6) is 0 Å². The summed E-state index contributed by atoms with van der Waals surface area (Å²) in [5, 5.41) is 9.22. The van der Waals surface area contributed by atoms with Crippen LogP contribution in [0.25, 0.3) is 5.57 Å². The molecule has 2 fully saturated rings. The van der Waals surface area contributed by atoms with E-state index < -0.39 is 17.2 Å². The molecule has 0 bridgehead atoms. The van der Waals surface area contributed by atoms with Gasteiger partial charge in [0.15, 0.2) is 0 Å². The van der Waals surface area contributed by atoms with E-state index in [9.17, 15) is 23.2 Å². The summed E-state index contributed by atoms with van der Waals surface area (Å²) in [7, 11) is 0. The SMILES string of the molecule is N#Cc1cccc(C2=CCN([C@H]3C[C@H]4CCC[C@@]4(C(=O)N4CCc5ncc(C(F)(F)F)cc5C4)C3)CC2)c1. The molecule has 0 N–H and O–H groups in total. The van der Waals surface area contributed by atoms with Gasteiger partial charge in [0.2, 0.25) is 5.91 Å². The molecular weight excluding hydrogens is 489 g/mol. The van der Waals surface area contributed by atoms with Crippen LogP contribution < -0.4 is 0 Å². The lowest BCUT2D eigenvalue weighted by Crippen LogP contribution is -2.47. The maximum absolute atomic E-state index is 14.0. The first-order valence-electron chi connectivity index (χ1n) is 13.5. The summed E-state index contributed by atoms with van der Waals surface area (Å²) >= 11 is 0. The number of carbonyl (C=O) groups excluding carboxylic acids is 1. The number of hydrogen-bond donors (Lipinski definition) is 0. The number of benzene rings is 1. The Morgan fingerprint density at radius 2 is 2.05 bits per heavy atom. The molecular formula is C30H31F3N4O. The third kappa shape index (κ3) is 4.41. The largest absolute Gasteiger partial charge is 0.417 e. The summed E-state index contributed by atoms with van der Waals surface area (Å²) in [5.74, 6) is 0.464. The fraction of sp³-hybridized carbons (Fsp3) is 0.500. The van der Waals surface area contributed by atoms with Crippen LogP contribution >= 0.6 is 0 Å². The molecule has 2 aromatic rings. The quantitative estimate of drug-likeness (QED) is 0.529. The van der Waals surface area contributed by atoms with Crippen LogP contribution in [-0.2, 0) is 23.9 Å². The lowest BCUT2D eigenvalue weighted by Gasteiger charge is -2.38. The molecule has 1 aromatic carbocycles. The minimum absolute atomic E-state index is 0.132. The van der Waals surface area contributed by atoms with Crippen LogP contribution in [0, 0.1) is 22.7 Å². The van der Waals surface area contributed by atoms with Gasteiger partial charge in [0.05, 0.1) is 22.6 Å². The fourth-order valence-corrected chi connectivity index (χ4v) is 7.37. The van der Waals surface area contributed by atoms with Gasteiger partial charge in [0.25, 0.3) is 0 Å². The van der Waals surface area contributed by atoms with Gasteiger partial charge in [-0.3, -0.25) is 14.7 Å². The first-order valence-corrected chi connectivity index (χ1v) is 13.5. The van der Waals surface area contributed by atoms with Gasteiger partial charge in [0.1, 0.15) is 0 Å². The molecule has 6 rings (SSSR count). The summed E-state index contributed by atoms with van der Waals surface area (Å²) in [6.07, 6.45) is 4.91. The predicted molar refractivity (Wildman–Crippen MR) is 136 cm³/mol. The van der Waals surface area contributed by atoms with E-state index in [0.717, 1.165) is 63.4 Å². The second kappa shape index (κ2) is 9.53. The van der Waals surface area contributed by atoms with Gasteiger partial charge >= 0.3 is 6.18 Å². The maximum Gasteiger partial charge on any atom is 0.417 e. The van der Waals surface area contributed by atoms with Crippen molar-refractivity contribution < 1.29 is 18.0 Å². The standard InChI is InChI=1S/C30H31F3N4O/c31-30(32,33)25-14-23-19-37(12-8-27(23)35-18-25)28(38)29-9-2-5-24(29)15-26(16-29)36-10-6-21(7-11-36)22-4-1-3-20(13-22)17-34/h1,3-4,6,13-14,18,24,26H,2,5,7-12,15-16,19H2/t24-,26+,29-/m1/s1. The van der Waals surface area contributed by atoms with E-state index in [1.807, 2.05) is 18.2 Å². The molecule has 3 atom stereocenters. The molecule has 0 radical (unpaired) electrons. The second-order valence-corrected chi connectivity index (χ2v) is 11.3. The Kier molecular flexibility index (Phi) is 6.30. The highest BCUT2D eigenvalue weighted by Gasteiger charge is 2.57. The average molecular weight is 521 g/mol. The molecule has 2 aliphatic carbocycles. The molecule has 3 heterocycles. The van der Waals surface area contributed by atoms with Crippen molar-refractivity contribution in [3.05, 3.63) is 70.6 Å². The fourth-order valence-electron chi connectivity index (χ4n) is 7.37. The van der Waals surface area contributed by atoms with Crippen molar-refractivity contribution in [3.8, 4) is 6.07 Å². The molecule has 1 amide bonds. The number of alkyl halides is 3. The highest BCUT2D eigenvalue weighted by Crippen LogP contribution is 2.56. The highest BCUT2D eigenvalue weighted by atomic mass is 19.4. The zero-order valence-corrected chi connectivity index (χ0v) is 21.3. The highest BCUT2D eigenvalue weighted by molar-refractivity contribution is 5.84. The van der Waals surface area contributed by atoms with Gasteiger partial charge in [-0.2, -0.15) is 18.4 Å². The van der Waals surface area contributed by atoms with Gasteiger partial charge in [-0.1, -0.05) is 24.6 Å². The number of nitriles is 1. The van der Waals surface area contributed by atoms with Crippen molar-refractivity contribution in [2.75, 3.05) is 19.6 Å². The first kappa shape index (κ1) is 25.1. The monoisotopic (exact) mass is 520 g/mol. The van der Waals surface area contributed by atoms with Crippen molar-refractivity contribution in [2.45, 2.75) is 63.7 Å². The Morgan fingerprint density at radius 1 is 1.18 bits per heavy atom. The molecule has 8 heteroatoms. The molecule has 0 unspecified atom stereocenters. The number of rotatable bonds is 3. The average Bonchev–Trinajstić information content (AvgIpc) is 3.50.